The number of likely N-dealkylation sites (N-methyl/N-ethyl adjacent to an activating group) is 1. The van der Waals surface area contributed by atoms with E-state index in [1.165, 1.54) is 11.9 Å². The van der Waals surface area contributed by atoms with Gasteiger partial charge in [-0.15, -0.1) is 0 Å². The summed E-state index contributed by atoms with van der Waals surface area (Å²) in [6, 6.07) is 21.4. The third-order valence-corrected chi connectivity index (χ3v) is 7.89. The van der Waals surface area contributed by atoms with Gasteiger partial charge in [-0.25, -0.2) is 8.42 Å². The molecule has 3 aromatic carbocycles. The van der Waals surface area contributed by atoms with Crippen molar-refractivity contribution in [1.29, 1.82) is 0 Å². The average Bonchev–Trinajstić information content (AvgIpc) is 2.86. The Morgan fingerprint density at radius 2 is 1.56 bits per heavy atom. The molecule has 1 N–H and O–H groups in total. The third kappa shape index (κ3) is 6.71. The molecule has 0 aliphatic heterocycles. The number of fused-ring (bicyclic) bond motifs is 1. The summed E-state index contributed by atoms with van der Waals surface area (Å²) in [7, 11) is -2.52. The first-order valence-electron chi connectivity index (χ1n) is 12.2. The number of rotatable bonds is 11. The summed E-state index contributed by atoms with van der Waals surface area (Å²) in [5.41, 5.74) is 1.03. The smallest absolute Gasteiger partial charge is 0.243 e. The lowest BCUT2D eigenvalue weighted by Gasteiger charge is -2.32. The van der Waals surface area contributed by atoms with E-state index in [1.54, 1.807) is 18.2 Å². The highest BCUT2D eigenvalue weighted by Gasteiger charge is 2.31. The lowest BCUT2D eigenvalue weighted by atomic mass is 10.1. The van der Waals surface area contributed by atoms with Crippen molar-refractivity contribution in [2.45, 2.75) is 50.6 Å². The fourth-order valence-electron chi connectivity index (χ4n) is 4.15. The number of sulfonamides is 1. The van der Waals surface area contributed by atoms with E-state index in [2.05, 4.69) is 5.32 Å². The number of carbonyl (C=O) groups excluding carboxylic acids is 2. The molecule has 0 radical (unpaired) electrons. The summed E-state index contributed by atoms with van der Waals surface area (Å²) in [5.74, 6) is -0.655. The minimum atomic E-state index is -3.91. The summed E-state index contributed by atoms with van der Waals surface area (Å²) >= 11 is 0. The Morgan fingerprint density at radius 3 is 2.19 bits per heavy atom. The van der Waals surface area contributed by atoms with Crippen LogP contribution in [0, 0.1) is 0 Å². The molecule has 192 valence electrons. The summed E-state index contributed by atoms with van der Waals surface area (Å²) in [5, 5.41) is 4.63. The van der Waals surface area contributed by atoms with Crippen LogP contribution in [0.15, 0.2) is 77.7 Å². The topological polar surface area (TPSA) is 86.8 Å². The molecule has 0 aliphatic carbocycles. The Hall–Kier alpha value is -3.23. The van der Waals surface area contributed by atoms with Gasteiger partial charge in [-0.05, 0) is 55.2 Å². The fraction of sp³-hybridized carbons (Fsp3) is 0.357. The monoisotopic (exact) mass is 509 g/mol. The van der Waals surface area contributed by atoms with Gasteiger partial charge in [0, 0.05) is 19.6 Å². The molecule has 0 saturated heterocycles. The Balaban J connectivity index is 1.83. The Labute approximate surface area is 214 Å². The molecule has 3 aromatic rings. The van der Waals surface area contributed by atoms with E-state index in [4.69, 9.17) is 0 Å². The number of hydrogen-bond acceptors (Lipinski definition) is 4. The van der Waals surface area contributed by atoms with Crippen molar-refractivity contribution >= 4 is 32.6 Å². The third-order valence-electron chi connectivity index (χ3n) is 6.09. The molecule has 0 saturated carbocycles. The Bertz CT molecular complexity index is 1290. The van der Waals surface area contributed by atoms with Crippen molar-refractivity contribution in [3.63, 3.8) is 0 Å². The van der Waals surface area contributed by atoms with E-state index in [9.17, 15) is 18.0 Å². The van der Waals surface area contributed by atoms with Gasteiger partial charge >= 0.3 is 0 Å². The maximum absolute atomic E-state index is 13.5. The van der Waals surface area contributed by atoms with Gasteiger partial charge in [0.1, 0.15) is 6.04 Å². The van der Waals surface area contributed by atoms with E-state index >= 15 is 0 Å². The second-order valence-corrected chi connectivity index (χ2v) is 11.2. The number of nitrogens with zero attached hydrogens (tertiary/aromatic N) is 2. The molecule has 36 heavy (non-hydrogen) atoms. The summed E-state index contributed by atoms with van der Waals surface area (Å²) in [6.07, 6.45) is 0.972. The minimum Gasteiger partial charge on any atom is -0.352 e. The number of benzene rings is 3. The van der Waals surface area contributed by atoms with Gasteiger partial charge in [0.2, 0.25) is 21.8 Å². The van der Waals surface area contributed by atoms with E-state index in [-0.39, 0.29) is 23.4 Å². The highest BCUT2D eigenvalue weighted by Crippen LogP contribution is 2.21. The van der Waals surface area contributed by atoms with Crippen LogP contribution >= 0.6 is 0 Å². The first-order chi connectivity index (χ1) is 17.1. The second kappa shape index (κ2) is 12.1. The molecule has 1 atom stereocenters. The van der Waals surface area contributed by atoms with Crippen molar-refractivity contribution < 1.29 is 18.0 Å². The van der Waals surface area contributed by atoms with Crippen LogP contribution in [0.1, 0.15) is 32.8 Å². The number of nitrogens with one attached hydrogen (secondary N) is 1. The molecule has 0 aliphatic rings. The molecular formula is C28H35N3O4S. The predicted octanol–water partition coefficient (Wildman–Crippen LogP) is 3.83. The normalized spacial score (nSPS) is 12.6. The van der Waals surface area contributed by atoms with Crippen LogP contribution in [0.2, 0.25) is 0 Å². The maximum atomic E-state index is 13.5. The molecule has 7 nitrogen and oxygen atoms in total. The molecule has 0 heterocycles. The zero-order valence-electron chi connectivity index (χ0n) is 21.3. The van der Waals surface area contributed by atoms with Crippen LogP contribution in [0.3, 0.4) is 0 Å². The zero-order valence-corrected chi connectivity index (χ0v) is 22.2. The first-order valence-corrected chi connectivity index (χ1v) is 13.7. The average molecular weight is 510 g/mol. The van der Waals surface area contributed by atoms with Gasteiger partial charge in [0.15, 0.2) is 0 Å². The number of amides is 2. The van der Waals surface area contributed by atoms with Crippen LogP contribution in [0.5, 0.6) is 0 Å². The molecule has 0 aromatic heterocycles. The SMILES string of the molecule is CC[C@H](C(=O)NC(C)C)N(CCc1ccccc1)C(=O)CN(C)S(=O)(=O)c1ccc2ccccc2c1. The van der Waals surface area contributed by atoms with Gasteiger partial charge in [-0.3, -0.25) is 9.59 Å². The molecule has 8 heteroatoms. The molecule has 0 bridgehead atoms. The fourth-order valence-corrected chi connectivity index (χ4v) is 5.31. The quantitative estimate of drug-likeness (QED) is 0.426. The van der Waals surface area contributed by atoms with Gasteiger partial charge in [-0.1, -0.05) is 67.6 Å². The summed E-state index contributed by atoms with van der Waals surface area (Å²) in [4.78, 5) is 28.1. The Kier molecular flexibility index (Phi) is 9.23. The zero-order chi connectivity index (χ0) is 26.3. The first kappa shape index (κ1) is 27.4. The molecule has 0 spiro atoms. The van der Waals surface area contributed by atoms with E-state index < -0.39 is 22.0 Å². The summed E-state index contributed by atoms with van der Waals surface area (Å²) in [6.45, 7) is 5.52. The van der Waals surface area contributed by atoms with Crippen LogP contribution < -0.4 is 5.32 Å². The Morgan fingerprint density at radius 1 is 0.917 bits per heavy atom. The minimum absolute atomic E-state index is 0.0754. The van der Waals surface area contributed by atoms with Gasteiger partial charge in [0.05, 0.1) is 11.4 Å². The molecule has 3 rings (SSSR count). The predicted molar refractivity (Wildman–Crippen MR) is 143 cm³/mol. The van der Waals surface area contributed by atoms with Crippen LogP contribution in [0.25, 0.3) is 10.8 Å². The molecule has 0 fully saturated rings. The van der Waals surface area contributed by atoms with Crippen molar-refractivity contribution in [2.75, 3.05) is 20.1 Å². The molecular weight excluding hydrogens is 474 g/mol. The number of hydrogen-bond donors (Lipinski definition) is 1. The molecule has 2 amide bonds. The van der Waals surface area contributed by atoms with Crippen molar-refractivity contribution in [3.05, 3.63) is 78.4 Å². The summed E-state index contributed by atoms with van der Waals surface area (Å²) < 4.78 is 27.7. The largest absolute Gasteiger partial charge is 0.352 e. The van der Waals surface area contributed by atoms with Gasteiger partial charge in [0.25, 0.3) is 0 Å². The van der Waals surface area contributed by atoms with Crippen LogP contribution in [-0.2, 0) is 26.0 Å². The van der Waals surface area contributed by atoms with E-state index in [1.807, 2.05) is 75.4 Å². The lowest BCUT2D eigenvalue weighted by molar-refractivity contribution is -0.140. The van der Waals surface area contributed by atoms with Gasteiger partial charge < -0.3 is 10.2 Å². The number of carbonyl (C=O) groups is 2. The van der Waals surface area contributed by atoms with Crippen molar-refractivity contribution in [1.82, 2.24) is 14.5 Å². The molecule has 0 unspecified atom stereocenters. The van der Waals surface area contributed by atoms with Gasteiger partial charge in [-0.2, -0.15) is 4.31 Å². The van der Waals surface area contributed by atoms with Crippen molar-refractivity contribution in [3.8, 4) is 0 Å². The van der Waals surface area contributed by atoms with E-state index in [0.29, 0.717) is 19.4 Å². The highest BCUT2D eigenvalue weighted by molar-refractivity contribution is 7.89. The second-order valence-electron chi connectivity index (χ2n) is 9.18. The van der Waals surface area contributed by atoms with Crippen LogP contribution in [-0.4, -0.2) is 61.7 Å². The van der Waals surface area contributed by atoms with E-state index in [0.717, 1.165) is 20.6 Å². The maximum Gasteiger partial charge on any atom is 0.243 e. The lowest BCUT2D eigenvalue weighted by Crippen LogP contribution is -2.53. The standard InChI is InChI=1S/C28H35N3O4S/c1-5-26(28(33)29-21(2)3)31(18-17-22-11-7-6-8-12-22)27(32)20-30(4)36(34,35)25-16-15-23-13-9-10-14-24(23)19-25/h6-16,19,21,26H,5,17-18,20H2,1-4H3,(H,29,33)/t26-/m1/s1. The highest BCUT2D eigenvalue weighted by atomic mass is 32.2. The van der Waals surface area contributed by atoms with Crippen molar-refractivity contribution in [2.24, 2.45) is 0 Å². The van der Waals surface area contributed by atoms with Crippen LogP contribution in [0.4, 0.5) is 0 Å².